The number of anilines is 2. The van der Waals surface area contributed by atoms with Gasteiger partial charge >= 0.3 is 5.97 Å². The molecule has 1 amide bonds. The largest absolute Gasteiger partial charge is 0.462 e. The maximum absolute atomic E-state index is 11.4. The molecule has 0 aliphatic rings. The fraction of sp³-hybridized carbons (Fsp3) is 0.214. The zero-order chi connectivity index (χ0) is 15.0. The quantitative estimate of drug-likeness (QED) is 0.486. The van der Waals surface area contributed by atoms with E-state index in [1.54, 1.807) is 37.3 Å². The van der Waals surface area contributed by atoms with Crippen molar-refractivity contribution in [3.05, 3.63) is 36.0 Å². The topological polar surface area (TPSA) is 91.2 Å². The summed E-state index contributed by atoms with van der Waals surface area (Å²) in [7, 11) is 0. The molecule has 1 aromatic carbocycles. The van der Waals surface area contributed by atoms with Crippen molar-refractivity contribution in [2.45, 2.75) is 13.8 Å². The van der Waals surface area contributed by atoms with E-state index in [2.05, 4.69) is 10.6 Å². The molecule has 0 saturated heterocycles. The highest BCUT2D eigenvalue weighted by Crippen LogP contribution is 2.15. The average molecular weight is 273 g/mol. The van der Waals surface area contributed by atoms with Gasteiger partial charge < -0.3 is 15.4 Å². The number of amides is 1. The number of rotatable bonds is 5. The lowest BCUT2D eigenvalue weighted by atomic mass is 10.2. The summed E-state index contributed by atoms with van der Waals surface area (Å²) < 4.78 is 4.73. The Balaban J connectivity index is 2.80. The molecule has 0 spiro atoms. The Morgan fingerprint density at radius 1 is 1.40 bits per heavy atom. The molecule has 0 saturated carbocycles. The molecule has 2 N–H and O–H groups in total. The van der Waals surface area contributed by atoms with E-state index in [9.17, 15) is 9.59 Å². The lowest BCUT2D eigenvalue weighted by molar-refractivity contribution is -0.138. The molecular formula is C14H15N3O3. The van der Waals surface area contributed by atoms with Crippen LogP contribution >= 0.6 is 0 Å². The SMILES string of the molecule is CCOC(=O)/C(C#N)=C/Nc1cccc(NC(C)=O)c1. The summed E-state index contributed by atoms with van der Waals surface area (Å²) in [5, 5.41) is 14.3. The number of nitrogens with zero attached hydrogens (tertiary/aromatic N) is 1. The van der Waals surface area contributed by atoms with Gasteiger partial charge in [-0.15, -0.1) is 0 Å². The molecule has 104 valence electrons. The molecule has 0 aliphatic heterocycles. The van der Waals surface area contributed by atoms with Crippen molar-refractivity contribution in [1.82, 2.24) is 0 Å². The third-order valence-corrected chi connectivity index (χ3v) is 2.18. The van der Waals surface area contributed by atoms with Crippen LogP contribution < -0.4 is 10.6 Å². The van der Waals surface area contributed by atoms with Gasteiger partial charge in [0.05, 0.1) is 6.61 Å². The van der Waals surface area contributed by atoms with Gasteiger partial charge in [-0.25, -0.2) is 4.79 Å². The predicted octanol–water partition coefficient (Wildman–Crippen LogP) is 2.03. The Labute approximate surface area is 117 Å². The fourth-order valence-corrected chi connectivity index (χ4v) is 1.39. The molecule has 0 fully saturated rings. The van der Waals surface area contributed by atoms with E-state index < -0.39 is 5.97 Å². The minimum atomic E-state index is -0.680. The van der Waals surface area contributed by atoms with Crippen LogP contribution in [-0.4, -0.2) is 18.5 Å². The van der Waals surface area contributed by atoms with Gasteiger partial charge in [0.1, 0.15) is 6.07 Å². The van der Waals surface area contributed by atoms with E-state index in [4.69, 9.17) is 10.00 Å². The van der Waals surface area contributed by atoms with Gasteiger partial charge in [-0.3, -0.25) is 4.79 Å². The van der Waals surface area contributed by atoms with Crippen molar-refractivity contribution in [2.24, 2.45) is 0 Å². The Bertz CT molecular complexity index is 573. The van der Waals surface area contributed by atoms with Gasteiger partial charge in [-0.05, 0) is 25.1 Å². The van der Waals surface area contributed by atoms with Crippen LogP contribution in [0, 0.1) is 11.3 Å². The third kappa shape index (κ3) is 4.82. The number of nitrogens with one attached hydrogen (secondary N) is 2. The van der Waals surface area contributed by atoms with Crippen LogP contribution in [-0.2, 0) is 14.3 Å². The number of ether oxygens (including phenoxy) is 1. The Morgan fingerprint density at radius 3 is 2.70 bits per heavy atom. The first-order valence-corrected chi connectivity index (χ1v) is 5.98. The Hall–Kier alpha value is -2.81. The first kappa shape index (κ1) is 15.2. The highest BCUT2D eigenvalue weighted by atomic mass is 16.5. The normalized spacial score (nSPS) is 10.3. The van der Waals surface area contributed by atoms with Crippen LogP contribution in [0.5, 0.6) is 0 Å². The van der Waals surface area contributed by atoms with Crippen LogP contribution in [0.25, 0.3) is 0 Å². The Kier molecular flexibility index (Phi) is 5.78. The van der Waals surface area contributed by atoms with Gasteiger partial charge in [0.25, 0.3) is 0 Å². The minimum absolute atomic E-state index is 0.128. The lowest BCUT2D eigenvalue weighted by Gasteiger charge is -2.06. The highest BCUT2D eigenvalue weighted by Gasteiger charge is 2.09. The maximum atomic E-state index is 11.4. The molecule has 0 heterocycles. The molecule has 1 aromatic rings. The predicted molar refractivity (Wildman–Crippen MR) is 74.7 cm³/mol. The maximum Gasteiger partial charge on any atom is 0.350 e. The van der Waals surface area contributed by atoms with Gasteiger partial charge in [0, 0.05) is 24.5 Å². The number of nitriles is 1. The number of carbonyl (C=O) groups is 2. The highest BCUT2D eigenvalue weighted by molar-refractivity contribution is 5.93. The number of benzene rings is 1. The zero-order valence-electron chi connectivity index (χ0n) is 11.3. The van der Waals surface area contributed by atoms with E-state index in [0.29, 0.717) is 11.4 Å². The van der Waals surface area contributed by atoms with Crippen LogP contribution in [0.3, 0.4) is 0 Å². The van der Waals surface area contributed by atoms with Crippen LogP contribution in [0.2, 0.25) is 0 Å². The van der Waals surface area contributed by atoms with E-state index >= 15 is 0 Å². The molecule has 6 heteroatoms. The molecular weight excluding hydrogens is 258 g/mol. The molecule has 0 unspecified atom stereocenters. The summed E-state index contributed by atoms with van der Waals surface area (Å²) in [6.45, 7) is 3.28. The first-order valence-electron chi connectivity index (χ1n) is 5.98. The van der Waals surface area contributed by atoms with Gasteiger partial charge in [-0.2, -0.15) is 5.26 Å². The minimum Gasteiger partial charge on any atom is -0.462 e. The fourth-order valence-electron chi connectivity index (χ4n) is 1.39. The second-order valence-electron chi connectivity index (χ2n) is 3.80. The summed E-state index contributed by atoms with van der Waals surface area (Å²) in [6, 6.07) is 8.64. The molecule has 0 bridgehead atoms. The molecule has 0 aromatic heterocycles. The van der Waals surface area contributed by atoms with E-state index in [1.807, 2.05) is 0 Å². The first-order chi connectivity index (χ1) is 9.56. The molecule has 20 heavy (non-hydrogen) atoms. The summed E-state index contributed by atoms with van der Waals surface area (Å²) in [5.41, 5.74) is 1.12. The van der Waals surface area contributed by atoms with E-state index in [0.717, 1.165) is 0 Å². The third-order valence-electron chi connectivity index (χ3n) is 2.18. The smallest absolute Gasteiger partial charge is 0.350 e. The number of hydrogen-bond donors (Lipinski definition) is 2. The van der Waals surface area contributed by atoms with Crippen LogP contribution in [0.1, 0.15) is 13.8 Å². The van der Waals surface area contributed by atoms with E-state index in [1.165, 1.54) is 13.1 Å². The summed E-state index contributed by atoms with van der Waals surface area (Å²) in [6.07, 6.45) is 1.27. The van der Waals surface area contributed by atoms with Crippen molar-refractivity contribution in [3.63, 3.8) is 0 Å². The summed E-state index contributed by atoms with van der Waals surface area (Å²) >= 11 is 0. The average Bonchev–Trinajstić information content (AvgIpc) is 2.39. The van der Waals surface area contributed by atoms with Crippen molar-refractivity contribution in [1.29, 1.82) is 5.26 Å². The standard InChI is InChI=1S/C14H15N3O3/c1-3-20-14(19)11(8-15)9-16-12-5-4-6-13(7-12)17-10(2)18/h4-7,9,16H,3H2,1-2H3,(H,17,18)/b11-9+. The van der Waals surface area contributed by atoms with Crippen LogP contribution in [0.4, 0.5) is 11.4 Å². The van der Waals surface area contributed by atoms with Gasteiger partial charge in [-0.1, -0.05) is 6.07 Å². The molecule has 0 aliphatic carbocycles. The summed E-state index contributed by atoms with van der Waals surface area (Å²) in [4.78, 5) is 22.3. The van der Waals surface area contributed by atoms with E-state index in [-0.39, 0.29) is 18.1 Å². The van der Waals surface area contributed by atoms with Crippen molar-refractivity contribution >= 4 is 23.3 Å². The number of carbonyl (C=O) groups excluding carboxylic acids is 2. The Morgan fingerprint density at radius 2 is 2.10 bits per heavy atom. The number of hydrogen-bond acceptors (Lipinski definition) is 5. The second kappa shape index (κ2) is 7.59. The van der Waals surface area contributed by atoms with Crippen molar-refractivity contribution in [3.8, 4) is 6.07 Å². The van der Waals surface area contributed by atoms with Crippen molar-refractivity contribution < 1.29 is 14.3 Å². The molecule has 0 atom stereocenters. The summed E-state index contributed by atoms with van der Waals surface area (Å²) in [5.74, 6) is -0.859. The van der Waals surface area contributed by atoms with Crippen molar-refractivity contribution in [2.75, 3.05) is 17.2 Å². The van der Waals surface area contributed by atoms with Gasteiger partial charge in [0.15, 0.2) is 5.57 Å². The van der Waals surface area contributed by atoms with Gasteiger partial charge in [0.2, 0.25) is 5.91 Å². The monoisotopic (exact) mass is 273 g/mol. The van der Waals surface area contributed by atoms with Crippen LogP contribution in [0.15, 0.2) is 36.0 Å². The molecule has 6 nitrogen and oxygen atoms in total. The molecule has 1 rings (SSSR count). The zero-order valence-corrected chi connectivity index (χ0v) is 11.3. The second-order valence-corrected chi connectivity index (χ2v) is 3.80. The molecule has 0 radical (unpaired) electrons. The lowest BCUT2D eigenvalue weighted by Crippen LogP contribution is -2.08. The number of esters is 1.